The van der Waals surface area contributed by atoms with E-state index in [0.717, 1.165) is 23.6 Å². The molecular formula is C21H13F3N4O3S. The summed E-state index contributed by atoms with van der Waals surface area (Å²) in [5.74, 6) is 0.409. The van der Waals surface area contributed by atoms with Crippen LogP contribution >= 0.6 is 11.3 Å². The fourth-order valence-electron chi connectivity index (χ4n) is 2.89. The highest BCUT2D eigenvalue weighted by molar-refractivity contribution is 7.07. The second kappa shape index (κ2) is 8.63. The number of hydrogen-bond acceptors (Lipinski definition) is 6. The molecule has 0 aliphatic carbocycles. The fourth-order valence-corrected chi connectivity index (χ4v) is 3.72. The van der Waals surface area contributed by atoms with Crippen LogP contribution in [0.5, 0.6) is 0 Å². The van der Waals surface area contributed by atoms with Gasteiger partial charge in [-0.05, 0) is 24.3 Å². The van der Waals surface area contributed by atoms with Crippen LogP contribution < -0.4 is 4.80 Å². The van der Waals surface area contributed by atoms with E-state index in [2.05, 4.69) is 10.1 Å². The maximum atomic E-state index is 13.3. The van der Waals surface area contributed by atoms with Crippen molar-refractivity contribution >= 4 is 28.9 Å². The van der Waals surface area contributed by atoms with E-state index in [9.17, 15) is 23.3 Å². The number of hydrogen-bond donors (Lipinski definition) is 0. The van der Waals surface area contributed by atoms with Gasteiger partial charge in [0.1, 0.15) is 11.4 Å². The largest absolute Gasteiger partial charge is 0.463 e. The predicted molar refractivity (Wildman–Crippen MR) is 113 cm³/mol. The molecule has 0 N–H and O–H groups in total. The molecule has 162 valence electrons. The van der Waals surface area contributed by atoms with Crippen LogP contribution in [0.3, 0.4) is 0 Å². The first-order chi connectivity index (χ1) is 15.3. The monoisotopic (exact) mass is 458 g/mol. The molecule has 0 atom stereocenters. The maximum absolute atomic E-state index is 13.3. The average Bonchev–Trinajstić information content (AvgIpc) is 3.42. The Kier molecular flexibility index (Phi) is 5.73. The standard InChI is InChI=1S/C21H13F3N4O3S/c22-21(23,24)15-7-2-1-6-14(15)12-25-27-18(19-10-5-11-31-19)13-32-20(27)26-16-8-3-4-9-17(16)28(29)30/h1-13H. The first kappa shape index (κ1) is 21.2. The van der Waals surface area contributed by atoms with Gasteiger partial charge in [-0.2, -0.15) is 18.3 Å². The van der Waals surface area contributed by atoms with Gasteiger partial charge in [0.2, 0.25) is 4.80 Å². The van der Waals surface area contributed by atoms with Crippen molar-refractivity contribution in [1.82, 2.24) is 4.68 Å². The Labute approximate surface area is 182 Å². The zero-order valence-electron chi connectivity index (χ0n) is 16.1. The van der Waals surface area contributed by atoms with Crippen molar-refractivity contribution in [2.45, 2.75) is 6.18 Å². The van der Waals surface area contributed by atoms with Gasteiger partial charge < -0.3 is 4.42 Å². The average molecular weight is 458 g/mol. The second-order valence-corrected chi connectivity index (χ2v) is 7.22. The van der Waals surface area contributed by atoms with Gasteiger partial charge in [0.05, 0.1) is 23.0 Å². The molecule has 32 heavy (non-hydrogen) atoms. The molecule has 11 heteroatoms. The molecule has 2 aromatic carbocycles. The van der Waals surface area contributed by atoms with Crippen LogP contribution in [0.25, 0.3) is 11.5 Å². The molecule has 0 saturated heterocycles. The molecule has 0 unspecified atom stereocenters. The van der Waals surface area contributed by atoms with E-state index in [4.69, 9.17) is 4.42 Å². The Balaban J connectivity index is 1.88. The summed E-state index contributed by atoms with van der Waals surface area (Å²) in [6.45, 7) is 0. The number of para-hydroxylation sites is 2. The van der Waals surface area contributed by atoms with Gasteiger partial charge in [-0.15, -0.1) is 11.3 Å². The molecule has 2 aromatic heterocycles. The number of rotatable bonds is 5. The molecule has 2 heterocycles. The Hall–Kier alpha value is -3.99. The highest BCUT2D eigenvalue weighted by Crippen LogP contribution is 2.31. The molecule has 0 spiro atoms. The highest BCUT2D eigenvalue weighted by atomic mass is 32.1. The van der Waals surface area contributed by atoms with Gasteiger partial charge in [0, 0.05) is 17.0 Å². The van der Waals surface area contributed by atoms with Crippen molar-refractivity contribution in [3.8, 4) is 11.5 Å². The molecule has 4 rings (SSSR count). The van der Waals surface area contributed by atoms with Crippen LogP contribution in [0.1, 0.15) is 11.1 Å². The lowest BCUT2D eigenvalue weighted by molar-refractivity contribution is -0.384. The Morgan fingerprint density at radius 3 is 2.53 bits per heavy atom. The van der Waals surface area contributed by atoms with Crippen LogP contribution in [-0.4, -0.2) is 15.8 Å². The quantitative estimate of drug-likeness (QED) is 0.214. The van der Waals surface area contributed by atoms with Crippen molar-refractivity contribution in [1.29, 1.82) is 0 Å². The molecule has 0 saturated carbocycles. The first-order valence-electron chi connectivity index (χ1n) is 9.08. The zero-order valence-corrected chi connectivity index (χ0v) is 16.9. The number of alkyl halides is 3. The SMILES string of the molecule is O=[N+]([O-])c1ccccc1N=c1scc(-c2ccco2)n1N=Cc1ccccc1C(F)(F)F. The zero-order chi connectivity index (χ0) is 22.7. The Morgan fingerprint density at radius 2 is 1.81 bits per heavy atom. The number of nitro benzene ring substituents is 1. The van der Waals surface area contributed by atoms with Crippen molar-refractivity contribution in [3.63, 3.8) is 0 Å². The van der Waals surface area contributed by atoms with Gasteiger partial charge in [-0.25, -0.2) is 9.67 Å². The molecule has 0 fully saturated rings. The lowest BCUT2D eigenvalue weighted by Crippen LogP contribution is -2.13. The van der Waals surface area contributed by atoms with Gasteiger partial charge in [0.25, 0.3) is 5.69 Å². The number of benzene rings is 2. The third-order valence-electron chi connectivity index (χ3n) is 4.33. The molecule has 4 aromatic rings. The molecule has 0 radical (unpaired) electrons. The first-order valence-corrected chi connectivity index (χ1v) is 9.96. The van der Waals surface area contributed by atoms with E-state index < -0.39 is 16.7 Å². The number of aromatic nitrogens is 1. The van der Waals surface area contributed by atoms with Gasteiger partial charge in [-0.3, -0.25) is 10.1 Å². The normalized spacial score (nSPS) is 12.5. The minimum Gasteiger partial charge on any atom is -0.463 e. The van der Waals surface area contributed by atoms with E-state index >= 15 is 0 Å². The summed E-state index contributed by atoms with van der Waals surface area (Å²) < 4.78 is 46.7. The predicted octanol–water partition coefficient (Wildman–Crippen LogP) is 5.85. The Morgan fingerprint density at radius 1 is 1.06 bits per heavy atom. The van der Waals surface area contributed by atoms with Crippen molar-refractivity contribution < 1.29 is 22.5 Å². The number of furan rings is 1. The summed E-state index contributed by atoms with van der Waals surface area (Å²) >= 11 is 1.11. The number of halogens is 3. The molecular weight excluding hydrogens is 445 g/mol. The smallest absolute Gasteiger partial charge is 0.417 e. The minimum atomic E-state index is -4.55. The number of thiazole rings is 1. The van der Waals surface area contributed by atoms with E-state index in [-0.39, 0.29) is 21.7 Å². The second-order valence-electron chi connectivity index (χ2n) is 6.38. The topological polar surface area (TPSA) is 85.9 Å². The summed E-state index contributed by atoms with van der Waals surface area (Å²) in [5, 5.41) is 17.2. The van der Waals surface area contributed by atoms with Crippen LogP contribution in [0.2, 0.25) is 0 Å². The van der Waals surface area contributed by atoms with Crippen molar-refractivity contribution in [2.75, 3.05) is 0 Å². The maximum Gasteiger partial charge on any atom is 0.417 e. The summed E-state index contributed by atoms with van der Waals surface area (Å²) in [4.78, 5) is 15.3. The van der Waals surface area contributed by atoms with Crippen molar-refractivity contribution in [3.05, 3.63) is 98.3 Å². The summed E-state index contributed by atoms with van der Waals surface area (Å²) in [6, 6.07) is 14.2. The van der Waals surface area contributed by atoms with E-state index in [1.165, 1.54) is 47.3 Å². The highest BCUT2D eigenvalue weighted by Gasteiger charge is 2.32. The lowest BCUT2D eigenvalue weighted by Gasteiger charge is -2.09. The molecule has 0 amide bonds. The van der Waals surface area contributed by atoms with Gasteiger partial charge in [0.15, 0.2) is 5.76 Å². The van der Waals surface area contributed by atoms with E-state index in [1.54, 1.807) is 23.6 Å². The minimum absolute atomic E-state index is 0.0880. The van der Waals surface area contributed by atoms with Crippen molar-refractivity contribution in [2.24, 2.45) is 10.1 Å². The molecule has 0 bridgehead atoms. The summed E-state index contributed by atoms with van der Waals surface area (Å²) in [7, 11) is 0. The lowest BCUT2D eigenvalue weighted by atomic mass is 10.1. The third kappa shape index (κ3) is 4.37. The fraction of sp³-hybridized carbons (Fsp3) is 0.0476. The summed E-state index contributed by atoms with van der Waals surface area (Å²) in [6.07, 6.45) is -2.04. The Bertz CT molecular complexity index is 1360. The molecule has 0 aliphatic rings. The van der Waals surface area contributed by atoms with E-state index in [0.29, 0.717) is 11.5 Å². The third-order valence-corrected chi connectivity index (χ3v) is 5.15. The van der Waals surface area contributed by atoms with E-state index in [1.807, 2.05) is 0 Å². The number of nitro groups is 1. The molecule has 7 nitrogen and oxygen atoms in total. The molecule has 0 aliphatic heterocycles. The number of nitrogens with zero attached hydrogens (tertiary/aromatic N) is 4. The van der Waals surface area contributed by atoms with Crippen LogP contribution in [0.15, 0.2) is 86.8 Å². The summed E-state index contributed by atoms with van der Waals surface area (Å²) in [5.41, 5.74) is -0.668. The van der Waals surface area contributed by atoms with Crippen LogP contribution in [0, 0.1) is 10.1 Å². The van der Waals surface area contributed by atoms with Gasteiger partial charge >= 0.3 is 6.18 Å². The van der Waals surface area contributed by atoms with Gasteiger partial charge in [-0.1, -0.05) is 30.3 Å². The van der Waals surface area contributed by atoms with Crippen LogP contribution in [-0.2, 0) is 6.18 Å². The van der Waals surface area contributed by atoms with Crippen LogP contribution in [0.4, 0.5) is 24.5 Å².